The van der Waals surface area contributed by atoms with Crippen LogP contribution < -0.4 is 0 Å². The number of para-hydroxylation sites is 1. The number of rotatable bonds is 5. The molecule has 0 aliphatic rings. The number of aromatic nitrogens is 4. The Hall–Kier alpha value is -6.92. The van der Waals surface area contributed by atoms with Crippen molar-refractivity contribution in [3.63, 3.8) is 0 Å². The molecule has 0 spiro atoms. The van der Waals surface area contributed by atoms with Crippen molar-refractivity contribution >= 4 is 43.9 Å². The summed E-state index contributed by atoms with van der Waals surface area (Å²) in [6, 6.07) is 51.1. The fourth-order valence-corrected chi connectivity index (χ4v) is 6.77. The summed E-state index contributed by atoms with van der Waals surface area (Å²) in [6.45, 7) is 0. The van der Waals surface area contributed by atoms with Gasteiger partial charge in [0.25, 0.3) is 0 Å². The summed E-state index contributed by atoms with van der Waals surface area (Å²) in [6.07, 6.45) is 1.82. The van der Waals surface area contributed by atoms with E-state index < -0.39 is 0 Å². The smallest absolute Gasteiger partial charge is 0.164 e. The van der Waals surface area contributed by atoms with Crippen LogP contribution in [0.5, 0.6) is 0 Å². The van der Waals surface area contributed by atoms with Crippen LogP contribution in [0.15, 0.2) is 167 Å². The molecule has 0 atom stereocenters. The van der Waals surface area contributed by atoms with Crippen molar-refractivity contribution < 1.29 is 8.83 Å². The van der Waals surface area contributed by atoms with Gasteiger partial charge >= 0.3 is 0 Å². The van der Waals surface area contributed by atoms with Gasteiger partial charge in [-0.3, -0.25) is 4.98 Å². The highest BCUT2D eigenvalue weighted by molar-refractivity contribution is 6.13. The number of benzene rings is 6. The quantitative estimate of drug-likeness (QED) is 0.186. The molecular formula is C44H26N4O2. The second-order valence-corrected chi connectivity index (χ2v) is 12.3. The minimum absolute atomic E-state index is 0.574. The van der Waals surface area contributed by atoms with E-state index in [-0.39, 0.29) is 0 Å². The zero-order valence-electron chi connectivity index (χ0n) is 26.6. The predicted octanol–water partition coefficient (Wildman–Crippen LogP) is 11.4. The van der Waals surface area contributed by atoms with Crippen LogP contribution in [0.3, 0.4) is 0 Å². The van der Waals surface area contributed by atoms with Crippen molar-refractivity contribution in [2.75, 3.05) is 0 Å². The van der Waals surface area contributed by atoms with E-state index in [1.807, 2.05) is 103 Å². The molecule has 10 aromatic rings. The zero-order valence-corrected chi connectivity index (χ0v) is 26.6. The summed E-state index contributed by atoms with van der Waals surface area (Å²) in [5, 5.41) is 4.03. The lowest BCUT2D eigenvalue weighted by molar-refractivity contribution is 0.668. The number of hydrogen-bond donors (Lipinski definition) is 0. The summed E-state index contributed by atoms with van der Waals surface area (Å²) in [5.74, 6) is 1.75. The molecule has 0 N–H and O–H groups in total. The highest BCUT2D eigenvalue weighted by atomic mass is 16.3. The highest BCUT2D eigenvalue weighted by Gasteiger charge is 2.19. The van der Waals surface area contributed by atoms with Gasteiger partial charge in [-0.1, -0.05) is 97.1 Å². The highest BCUT2D eigenvalue weighted by Crippen LogP contribution is 2.39. The van der Waals surface area contributed by atoms with Gasteiger partial charge in [-0.2, -0.15) is 0 Å². The lowest BCUT2D eigenvalue weighted by Gasteiger charge is -2.09. The molecule has 4 aromatic heterocycles. The average molecular weight is 643 g/mol. The maximum absolute atomic E-state index is 6.40. The molecule has 4 heterocycles. The summed E-state index contributed by atoms with van der Waals surface area (Å²) >= 11 is 0. The molecule has 0 bridgehead atoms. The summed E-state index contributed by atoms with van der Waals surface area (Å²) < 4.78 is 12.5. The third-order valence-electron chi connectivity index (χ3n) is 9.22. The first-order valence-corrected chi connectivity index (χ1v) is 16.5. The number of furan rings is 2. The van der Waals surface area contributed by atoms with Crippen molar-refractivity contribution in [1.29, 1.82) is 0 Å². The maximum atomic E-state index is 6.40. The standard InChI is InChI=1S/C44H26N4O2/c1-2-9-29(10-3-1)42-46-43(31-21-23-38-34(26-31)32-11-4-5-14-37(32)49-38)48-44(47-42)33-12-8-15-40-41(33)35-25-30(20-22-39(35)50-40)27-16-18-28(19-17-27)36-13-6-7-24-45-36/h1-26H. The third-order valence-corrected chi connectivity index (χ3v) is 9.22. The van der Waals surface area contributed by atoms with Gasteiger partial charge in [-0.05, 0) is 65.7 Å². The Morgan fingerprint density at radius 3 is 1.82 bits per heavy atom. The first kappa shape index (κ1) is 28.1. The second kappa shape index (κ2) is 11.4. The van der Waals surface area contributed by atoms with Crippen LogP contribution >= 0.6 is 0 Å². The Morgan fingerprint density at radius 2 is 0.980 bits per heavy atom. The molecule has 0 aliphatic carbocycles. The Labute approximate surface area is 286 Å². The molecule has 234 valence electrons. The molecule has 0 unspecified atom stereocenters. The van der Waals surface area contributed by atoms with Crippen molar-refractivity contribution in [2.45, 2.75) is 0 Å². The Kier molecular flexibility index (Phi) is 6.39. The van der Waals surface area contributed by atoms with Crippen LogP contribution in [-0.2, 0) is 0 Å². The van der Waals surface area contributed by atoms with E-state index in [1.54, 1.807) is 0 Å². The molecule has 0 amide bonds. The van der Waals surface area contributed by atoms with E-state index in [1.165, 1.54) is 0 Å². The van der Waals surface area contributed by atoms with Crippen LogP contribution in [0.25, 0.3) is 100 Å². The van der Waals surface area contributed by atoms with Crippen LogP contribution in [-0.4, -0.2) is 19.9 Å². The van der Waals surface area contributed by atoms with Gasteiger partial charge in [0.2, 0.25) is 0 Å². The molecule has 0 saturated carbocycles. The largest absolute Gasteiger partial charge is 0.456 e. The number of pyridine rings is 1. The number of nitrogens with zero attached hydrogens (tertiary/aromatic N) is 4. The zero-order chi connectivity index (χ0) is 33.0. The van der Waals surface area contributed by atoms with Gasteiger partial charge in [-0.15, -0.1) is 0 Å². The molecule has 10 rings (SSSR count). The maximum Gasteiger partial charge on any atom is 0.164 e. The lowest BCUT2D eigenvalue weighted by atomic mass is 9.99. The molecule has 0 fully saturated rings. The fourth-order valence-electron chi connectivity index (χ4n) is 6.77. The normalized spacial score (nSPS) is 11.6. The van der Waals surface area contributed by atoms with Crippen LogP contribution in [0.4, 0.5) is 0 Å². The van der Waals surface area contributed by atoms with E-state index in [4.69, 9.17) is 23.8 Å². The lowest BCUT2D eigenvalue weighted by Crippen LogP contribution is -2.00. The molecular weight excluding hydrogens is 617 g/mol. The summed E-state index contributed by atoms with van der Waals surface area (Å²) in [4.78, 5) is 19.7. The molecule has 0 saturated heterocycles. The van der Waals surface area contributed by atoms with E-state index in [9.17, 15) is 0 Å². The van der Waals surface area contributed by atoms with Gasteiger partial charge < -0.3 is 8.83 Å². The minimum atomic E-state index is 0.574. The first-order valence-electron chi connectivity index (χ1n) is 16.5. The Bertz CT molecular complexity index is 2860. The molecule has 6 aromatic carbocycles. The monoisotopic (exact) mass is 642 g/mol. The van der Waals surface area contributed by atoms with E-state index in [0.29, 0.717) is 17.5 Å². The molecule has 0 radical (unpaired) electrons. The summed E-state index contributed by atoms with van der Waals surface area (Å²) in [7, 11) is 0. The minimum Gasteiger partial charge on any atom is -0.456 e. The van der Waals surface area contributed by atoms with E-state index >= 15 is 0 Å². The van der Waals surface area contributed by atoms with Gasteiger partial charge in [-0.25, -0.2) is 15.0 Å². The van der Waals surface area contributed by atoms with Gasteiger partial charge in [0.05, 0.1) is 5.69 Å². The fraction of sp³-hybridized carbons (Fsp3) is 0. The van der Waals surface area contributed by atoms with Gasteiger partial charge in [0, 0.05) is 50.0 Å². The Morgan fingerprint density at radius 1 is 0.360 bits per heavy atom. The van der Waals surface area contributed by atoms with Gasteiger partial charge in [0.15, 0.2) is 17.5 Å². The van der Waals surface area contributed by atoms with E-state index in [0.717, 1.165) is 83.0 Å². The van der Waals surface area contributed by atoms with Gasteiger partial charge in [0.1, 0.15) is 22.3 Å². The van der Waals surface area contributed by atoms with E-state index in [2.05, 4.69) is 59.6 Å². The Balaban J connectivity index is 1.14. The third kappa shape index (κ3) is 4.73. The number of hydrogen-bond acceptors (Lipinski definition) is 6. The summed E-state index contributed by atoms with van der Waals surface area (Å²) in [5.41, 5.74) is 10.1. The SMILES string of the molecule is c1ccc(-c2nc(-c3ccc4oc5ccccc5c4c3)nc(-c3cccc4oc5ccc(-c6ccc(-c7ccccn7)cc6)cc5c34)n2)cc1. The second-order valence-electron chi connectivity index (χ2n) is 12.3. The predicted molar refractivity (Wildman–Crippen MR) is 199 cm³/mol. The molecule has 6 nitrogen and oxygen atoms in total. The molecule has 50 heavy (non-hydrogen) atoms. The van der Waals surface area contributed by atoms with Crippen LogP contribution in [0.1, 0.15) is 0 Å². The van der Waals surface area contributed by atoms with Crippen molar-refractivity contribution in [3.8, 4) is 56.5 Å². The molecule has 6 heteroatoms. The number of fused-ring (bicyclic) bond motifs is 6. The average Bonchev–Trinajstić information content (AvgIpc) is 3.76. The van der Waals surface area contributed by atoms with Crippen molar-refractivity contribution in [2.24, 2.45) is 0 Å². The topological polar surface area (TPSA) is 77.8 Å². The molecule has 0 aliphatic heterocycles. The van der Waals surface area contributed by atoms with Crippen molar-refractivity contribution in [3.05, 3.63) is 158 Å². The van der Waals surface area contributed by atoms with Crippen LogP contribution in [0.2, 0.25) is 0 Å². The van der Waals surface area contributed by atoms with Crippen molar-refractivity contribution in [1.82, 2.24) is 19.9 Å². The first-order chi connectivity index (χ1) is 24.7. The van der Waals surface area contributed by atoms with Crippen LogP contribution in [0, 0.1) is 0 Å².